The van der Waals surface area contributed by atoms with E-state index in [1.54, 1.807) is 12.3 Å². The fraction of sp³-hybridized carbons (Fsp3) is 0.400. The summed E-state index contributed by atoms with van der Waals surface area (Å²) in [4.78, 5) is 72.7. The molecule has 1 aliphatic rings. The number of hydrogen-bond donors (Lipinski definition) is 5. The Hall–Kier alpha value is -5.95. The number of carboxylic acids is 1. The summed E-state index contributed by atoms with van der Waals surface area (Å²) in [5.41, 5.74) is 7.53. The molecular formula is C40H49F5N6O8. The van der Waals surface area contributed by atoms with E-state index in [2.05, 4.69) is 10.6 Å². The number of amides is 5. The largest absolute Gasteiger partial charge is 0.490 e. The number of carbonyl (C=O) groups is 6. The van der Waals surface area contributed by atoms with Gasteiger partial charge >= 0.3 is 12.1 Å². The van der Waals surface area contributed by atoms with Crippen LogP contribution in [0.2, 0.25) is 0 Å². The first-order chi connectivity index (χ1) is 27.6. The molecule has 0 radical (unpaired) electrons. The second-order valence-electron chi connectivity index (χ2n) is 13.8. The summed E-state index contributed by atoms with van der Waals surface area (Å²) >= 11 is 0. The summed E-state index contributed by atoms with van der Waals surface area (Å²) in [5, 5.41) is 22.3. The van der Waals surface area contributed by atoms with Crippen molar-refractivity contribution >= 4 is 35.5 Å². The summed E-state index contributed by atoms with van der Waals surface area (Å²) in [7, 11) is 0. The first kappa shape index (κ1) is 49.2. The van der Waals surface area contributed by atoms with E-state index in [0.29, 0.717) is 17.8 Å². The van der Waals surface area contributed by atoms with E-state index in [1.165, 1.54) is 4.90 Å². The highest BCUT2D eigenvalue weighted by molar-refractivity contribution is 6.14. The second kappa shape index (κ2) is 22.3. The van der Waals surface area contributed by atoms with E-state index in [4.69, 9.17) is 15.6 Å². The normalized spacial score (nSPS) is 13.4. The van der Waals surface area contributed by atoms with Gasteiger partial charge in [0.1, 0.15) is 24.8 Å². The Morgan fingerprint density at radius 3 is 2.02 bits per heavy atom. The van der Waals surface area contributed by atoms with Crippen molar-refractivity contribution in [1.82, 2.24) is 25.0 Å². The lowest BCUT2D eigenvalue weighted by Crippen LogP contribution is -2.48. The van der Waals surface area contributed by atoms with Gasteiger partial charge in [-0.25, -0.2) is 13.6 Å². The molecule has 3 aromatic rings. The number of hydrogen-bond acceptors (Lipinski definition) is 8. The average Bonchev–Trinajstić information content (AvgIpc) is 3.73. The Morgan fingerprint density at radius 2 is 1.47 bits per heavy atom. The summed E-state index contributed by atoms with van der Waals surface area (Å²) in [6.07, 6.45) is -1.22. The molecule has 2 atom stereocenters. The smallest absolute Gasteiger partial charge is 0.475 e. The molecule has 0 saturated carbocycles. The zero-order chi connectivity index (χ0) is 44.7. The van der Waals surface area contributed by atoms with Crippen molar-refractivity contribution in [3.8, 4) is 11.1 Å². The van der Waals surface area contributed by atoms with Crippen molar-refractivity contribution in [3.05, 3.63) is 95.8 Å². The fourth-order valence-electron chi connectivity index (χ4n) is 5.81. The van der Waals surface area contributed by atoms with E-state index < -0.39 is 84.0 Å². The van der Waals surface area contributed by atoms with E-state index in [1.807, 2.05) is 69.5 Å². The zero-order valence-corrected chi connectivity index (χ0v) is 33.2. The van der Waals surface area contributed by atoms with Crippen LogP contribution in [0.3, 0.4) is 0 Å². The topological polar surface area (TPSA) is 204 Å². The fourth-order valence-corrected chi connectivity index (χ4v) is 5.81. The molecule has 2 aromatic carbocycles. The number of nitrogens with zero attached hydrogens (tertiary/aromatic N) is 3. The minimum atomic E-state index is -5.08. The van der Waals surface area contributed by atoms with Gasteiger partial charge in [0.2, 0.25) is 17.7 Å². The quantitative estimate of drug-likeness (QED) is 0.0854. The third-order valence-corrected chi connectivity index (χ3v) is 8.44. The molecule has 322 valence electrons. The highest BCUT2D eigenvalue weighted by Gasteiger charge is 2.39. The Morgan fingerprint density at radius 1 is 0.898 bits per heavy atom. The molecule has 0 saturated heterocycles. The Kier molecular flexibility index (Phi) is 18.6. The Bertz CT molecular complexity index is 1950. The molecular weight excluding hydrogens is 787 g/mol. The van der Waals surface area contributed by atoms with Crippen LogP contribution in [0.1, 0.15) is 58.3 Å². The van der Waals surface area contributed by atoms with Crippen LogP contribution in [0.25, 0.3) is 11.1 Å². The van der Waals surface area contributed by atoms with Crippen LogP contribution in [-0.4, -0.2) is 105 Å². The number of nitrogens with one attached hydrogen (secondary N) is 2. The molecule has 0 spiro atoms. The van der Waals surface area contributed by atoms with Crippen LogP contribution in [0, 0.1) is 17.0 Å². The van der Waals surface area contributed by atoms with Crippen LogP contribution in [0.15, 0.2) is 72.9 Å². The molecule has 19 heteroatoms. The summed E-state index contributed by atoms with van der Waals surface area (Å²) in [5.74, 6) is -6.89. The van der Waals surface area contributed by atoms with E-state index >= 15 is 0 Å². The van der Waals surface area contributed by atoms with Gasteiger partial charge in [0.05, 0.1) is 12.1 Å². The summed E-state index contributed by atoms with van der Waals surface area (Å²) in [6, 6.07) is 12.6. The molecule has 5 amide bonds. The van der Waals surface area contributed by atoms with Crippen molar-refractivity contribution in [1.29, 1.82) is 0 Å². The maximum atomic E-state index is 15.0. The number of rotatable bonds is 15. The van der Waals surface area contributed by atoms with Crippen LogP contribution in [-0.2, 0) is 35.3 Å². The van der Waals surface area contributed by atoms with E-state index in [9.17, 15) is 51.0 Å². The first-order valence-corrected chi connectivity index (χ1v) is 18.4. The van der Waals surface area contributed by atoms with Crippen molar-refractivity contribution in [2.45, 2.75) is 65.8 Å². The SMILES string of the molecule is CC.CC(C)(C)C(c1cc(-c2cc(F)ccc2F)cn1Cc1ccccc1)N(CCC(N)C(=O)NCCNC(=O)CN1C(=O)C=CC1=O)C(=O)CO.O=C(O)C(F)(F)F. The lowest BCUT2D eigenvalue weighted by atomic mass is 9.82. The minimum Gasteiger partial charge on any atom is -0.475 e. The zero-order valence-electron chi connectivity index (χ0n) is 33.2. The molecule has 0 bridgehead atoms. The monoisotopic (exact) mass is 836 g/mol. The predicted molar refractivity (Wildman–Crippen MR) is 206 cm³/mol. The molecule has 4 rings (SSSR count). The van der Waals surface area contributed by atoms with Gasteiger partial charge in [0.25, 0.3) is 11.8 Å². The number of aromatic nitrogens is 1. The number of carboxylic acid groups (broad SMARTS) is 1. The van der Waals surface area contributed by atoms with Crippen LogP contribution >= 0.6 is 0 Å². The Labute approximate surface area is 337 Å². The standard InChI is InChI=1S/C36H42F2N6O6.C2HF3O2.C2H6/c1-36(2,3)34(29-17-24(26-18-25(37)9-10-27(26)38)20-42(29)19-23-7-5-4-6-8-23)43(33(49)22-45)16-13-28(39)35(50)41-15-14-40-30(46)21-44-31(47)11-12-32(44)48;3-2(4,5)1(6)7;1-2/h4-12,17-18,20,28,34,45H,13-16,19,21-22,39H2,1-3H3,(H,40,46)(H,41,50);(H,6,7);1-2H3. The van der Waals surface area contributed by atoms with E-state index in [-0.39, 0.29) is 31.6 Å². The number of alkyl halides is 3. The number of carbonyl (C=O) groups excluding carboxylic acids is 5. The number of benzene rings is 2. The molecule has 0 aliphatic carbocycles. The molecule has 1 aromatic heterocycles. The van der Waals surface area contributed by atoms with Crippen LogP contribution in [0.4, 0.5) is 22.0 Å². The third kappa shape index (κ3) is 14.7. The maximum absolute atomic E-state index is 15.0. The highest BCUT2D eigenvalue weighted by atomic mass is 19.4. The molecule has 1 aliphatic heterocycles. The first-order valence-electron chi connectivity index (χ1n) is 18.4. The lowest BCUT2D eigenvalue weighted by molar-refractivity contribution is -0.192. The number of aliphatic carboxylic acids is 1. The number of aliphatic hydroxyl groups is 1. The van der Waals surface area contributed by atoms with Gasteiger partial charge < -0.3 is 36.0 Å². The van der Waals surface area contributed by atoms with Crippen molar-refractivity contribution in [2.75, 3.05) is 32.8 Å². The number of imide groups is 1. The van der Waals surface area contributed by atoms with Crippen molar-refractivity contribution in [2.24, 2.45) is 11.1 Å². The Balaban J connectivity index is 0.00000120. The number of nitrogens with two attached hydrogens (primary N) is 1. The van der Waals surface area contributed by atoms with Gasteiger partial charge in [-0.2, -0.15) is 13.2 Å². The van der Waals surface area contributed by atoms with Crippen LogP contribution < -0.4 is 16.4 Å². The highest BCUT2D eigenvalue weighted by Crippen LogP contribution is 2.41. The lowest BCUT2D eigenvalue weighted by Gasteiger charge is -2.41. The molecule has 59 heavy (non-hydrogen) atoms. The third-order valence-electron chi connectivity index (χ3n) is 8.44. The molecule has 6 N–H and O–H groups in total. The van der Waals surface area contributed by atoms with Gasteiger partial charge in [-0.15, -0.1) is 0 Å². The maximum Gasteiger partial charge on any atom is 0.490 e. The average molecular weight is 837 g/mol. The van der Waals surface area contributed by atoms with Crippen LogP contribution in [0.5, 0.6) is 0 Å². The number of aliphatic hydroxyl groups excluding tert-OH is 1. The second-order valence-corrected chi connectivity index (χ2v) is 13.8. The van der Waals surface area contributed by atoms with Gasteiger partial charge in [-0.05, 0) is 41.7 Å². The van der Waals surface area contributed by atoms with Gasteiger partial charge in [0.15, 0.2) is 0 Å². The van der Waals surface area contributed by atoms with E-state index in [0.717, 1.165) is 40.8 Å². The summed E-state index contributed by atoms with van der Waals surface area (Å²) < 4.78 is 62.8. The minimum absolute atomic E-state index is 0.00741. The summed E-state index contributed by atoms with van der Waals surface area (Å²) in [6.45, 7) is 8.79. The molecule has 2 heterocycles. The van der Waals surface area contributed by atoms with Crippen molar-refractivity contribution in [3.63, 3.8) is 0 Å². The number of halogens is 5. The van der Waals surface area contributed by atoms with Gasteiger partial charge in [0, 0.05) is 61.3 Å². The van der Waals surface area contributed by atoms with Gasteiger partial charge in [-0.3, -0.25) is 28.9 Å². The van der Waals surface area contributed by atoms with Gasteiger partial charge in [-0.1, -0.05) is 65.0 Å². The predicted octanol–water partition coefficient (Wildman–Crippen LogP) is 3.92. The molecule has 0 fully saturated rings. The molecule has 14 nitrogen and oxygen atoms in total. The van der Waals surface area contributed by atoms with Crippen molar-refractivity contribution < 1.29 is 60.9 Å². The molecule has 2 unspecified atom stereocenters.